The van der Waals surface area contributed by atoms with E-state index < -0.39 is 18.7 Å². The summed E-state index contributed by atoms with van der Waals surface area (Å²) in [6.07, 6.45) is 12.0. The van der Waals surface area contributed by atoms with Gasteiger partial charge in [-0.05, 0) is 31.2 Å². The van der Waals surface area contributed by atoms with Crippen LogP contribution in [0.1, 0.15) is 89.0 Å². The van der Waals surface area contributed by atoms with Gasteiger partial charge in [-0.2, -0.15) is 0 Å². The molecule has 5 rings (SSSR count). The molecule has 0 radical (unpaired) electrons. The van der Waals surface area contributed by atoms with Crippen LogP contribution < -0.4 is 9.47 Å². The van der Waals surface area contributed by atoms with Gasteiger partial charge in [0.1, 0.15) is 0 Å². The maximum absolute atomic E-state index is 6.12. The van der Waals surface area contributed by atoms with Gasteiger partial charge in [0.05, 0.1) is 0 Å². The molecular formula is C36H49N5O2Sn. The third kappa shape index (κ3) is 7.64. The molecule has 0 fully saturated rings. The van der Waals surface area contributed by atoms with Gasteiger partial charge < -0.3 is 0 Å². The molecule has 0 bridgehead atoms. The van der Waals surface area contributed by atoms with Crippen molar-refractivity contribution in [2.75, 3.05) is 7.11 Å². The normalized spacial score (nSPS) is 13.1. The van der Waals surface area contributed by atoms with Crippen molar-refractivity contribution in [1.29, 1.82) is 0 Å². The summed E-state index contributed by atoms with van der Waals surface area (Å²) in [5, 5.41) is 14.7. The van der Waals surface area contributed by atoms with E-state index in [9.17, 15) is 0 Å². The number of fused-ring (bicyclic) bond motifs is 1. The summed E-state index contributed by atoms with van der Waals surface area (Å²) in [7, 11) is 1.73. The van der Waals surface area contributed by atoms with Crippen LogP contribution in [0.3, 0.4) is 0 Å². The zero-order valence-electron chi connectivity index (χ0n) is 27.1. The third-order valence-electron chi connectivity index (χ3n) is 9.09. The summed E-state index contributed by atoms with van der Waals surface area (Å²) in [6, 6.07) is 18.8. The van der Waals surface area contributed by atoms with E-state index in [4.69, 9.17) is 29.9 Å². The number of unbranched alkanes of at least 4 members (excludes halogenated alkanes) is 3. The second-order valence-corrected chi connectivity index (χ2v) is 24.7. The van der Waals surface area contributed by atoms with E-state index in [1.165, 1.54) is 75.9 Å². The molecule has 4 aromatic rings. The molecule has 2 heterocycles. The van der Waals surface area contributed by atoms with E-state index >= 15 is 0 Å². The molecule has 0 saturated carbocycles. The Kier molecular flexibility index (Phi) is 11.7. The summed E-state index contributed by atoms with van der Waals surface area (Å²) in [5.41, 5.74) is 6.62. The number of ether oxygens (including phenoxy) is 2. The zero-order chi connectivity index (χ0) is 30.8. The van der Waals surface area contributed by atoms with Crippen LogP contribution in [-0.4, -0.2) is 49.2 Å². The minimum atomic E-state index is -2.87. The van der Waals surface area contributed by atoms with Crippen LogP contribution in [0.25, 0.3) is 22.5 Å². The number of aromatic nitrogens is 5. The van der Waals surface area contributed by atoms with E-state index in [0.29, 0.717) is 18.3 Å². The van der Waals surface area contributed by atoms with Gasteiger partial charge in [0.25, 0.3) is 0 Å². The van der Waals surface area contributed by atoms with Crippen molar-refractivity contribution in [1.82, 2.24) is 23.4 Å². The second-order valence-electron chi connectivity index (χ2n) is 12.3. The molecule has 2 aromatic heterocycles. The van der Waals surface area contributed by atoms with Gasteiger partial charge in [-0.15, -0.1) is 0 Å². The van der Waals surface area contributed by atoms with Gasteiger partial charge in [0, 0.05) is 11.8 Å². The number of hydrogen-bond acceptors (Lipinski definition) is 6. The summed E-state index contributed by atoms with van der Waals surface area (Å²) in [5.74, 6) is 2.19. The molecular weight excluding hydrogens is 653 g/mol. The number of benzene rings is 2. The number of pyridine rings is 1. The molecule has 1 aliphatic rings. The molecule has 0 amide bonds. The third-order valence-corrected chi connectivity index (χ3v) is 23.0. The predicted octanol–water partition coefficient (Wildman–Crippen LogP) is 9.06. The van der Waals surface area contributed by atoms with Crippen molar-refractivity contribution >= 4 is 18.7 Å². The van der Waals surface area contributed by atoms with Crippen LogP contribution in [-0.2, 0) is 19.4 Å². The molecule has 0 saturated heterocycles. The molecule has 0 spiro atoms. The first-order valence-electron chi connectivity index (χ1n) is 16.8. The fraction of sp³-hybridized carbons (Fsp3) is 0.500. The zero-order valence-corrected chi connectivity index (χ0v) is 30.0. The standard InChI is InChI=1S/C24H22N5O2.3C4H9.Sn/c1-30-22-14-16(15-31-23-13-11-17-6-2-5-9-21(17)25-23)10-12-19(22)18-7-3-4-8-20(18)24-26-28-29-27-24;3*1-3-4-2;/h3-4,7-8,10-14H,2,5-6,9,15H2,1H3;3*1,3-4H2,2H3;/q-1;;;;+1. The monoisotopic (exact) mass is 703 g/mol. The molecule has 234 valence electrons. The van der Waals surface area contributed by atoms with Crippen LogP contribution >= 0.6 is 0 Å². The average molecular weight is 703 g/mol. The van der Waals surface area contributed by atoms with Gasteiger partial charge in [-0.3, -0.25) is 0 Å². The molecule has 8 heteroatoms. The van der Waals surface area contributed by atoms with Crippen molar-refractivity contribution in [3.8, 4) is 34.1 Å². The van der Waals surface area contributed by atoms with Crippen LogP contribution in [0.5, 0.6) is 11.6 Å². The van der Waals surface area contributed by atoms with Gasteiger partial charge in [-0.25, -0.2) is 4.98 Å². The van der Waals surface area contributed by atoms with E-state index in [1.807, 2.05) is 6.07 Å². The first-order chi connectivity index (χ1) is 21.6. The van der Waals surface area contributed by atoms with E-state index in [-0.39, 0.29) is 0 Å². The Morgan fingerprint density at radius 3 is 2.20 bits per heavy atom. The Hall–Kier alpha value is -2.94. The number of nitrogens with zero attached hydrogens (tertiary/aromatic N) is 5. The fourth-order valence-electron chi connectivity index (χ4n) is 6.48. The molecule has 7 nitrogen and oxygen atoms in total. The Balaban J connectivity index is 1.41. The second kappa shape index (κ2) is 15.9. The topological polar surface area (TPSA) is 75.0 Å². The van der Waals surface area contributed by atoms with Crippen LogP contribution in [0.4, 0.5) is 0 Å². The molecule has 2 aromatic carbocycles. The van der Waals surface area contributed by atoms with E-state index in [0.717, 1.165) is 40.8 Å². The minimum absolute atomic E-state index is 0.433. The molecule has 0 aliphatic heterocycles. The van der Waals surface area contributed by atoms with Crippen molar-refractivity contribution < 1.29 is 9.47 Å². The van der Waals surface area contributed by atoms with Crippen LogP contribution in [0, 0.1) is 0 Å². The van der Waals surface area contributed by atoms with Crippen LogP contribution in [0.2, 0.25) is 13.3 Å². The number of tetrazole rings is 1. The van der Waals surface area contributed by atoms with Gasteiger partial charge in [0.15, 0.2) is 0 Å². The van der Waals surface area contributed by atoms with Crippen molar-refractivity contribution in [3.05, 3.63) is 71.4 Å². The molecule has 44 heavy (non-hydrogen) atoms. The summed E-state index contributed by atoms with van der Waals surface area (Å²) >= 11 is -2.87. The summed E-state index contributed by atoms with van der Waals surface area (Å²) in [4.78, 5) is 4.78. The number of methoxy groups -OCH3 is 1. The van der Waals surface area contributed by atoms with Crippen LogP contribution in [0.15, 0.2) is 54.6 Å². The van der Waals surface area contributed by atoms with Crippen molar-refractivity contribution in [2.45, 2.75) is 105 Å². The van der Waals surface area contributed by atoms with E-state index in [2.05, 4.69) is 72.3 Å². The van der Waals surface area contributed by atoms with Crippen molar-refractivity contribution in [3.63, 3.8) is 0 Å². The number of rotatable bonds is 16. The molecule has 1 aliphatic carbocycles. The number of hydrogen-bond donors (Lipinski definition) is 0. The molecule has 0 N–H and O–H groups in total. The SMILES string of the molecule is CCC[CH2][Sn]([CH2]CCC)([CH2]CCC)[n]1nnc(-c2ccccc2-c2ccc(COc3ccc4c(n3)CCCC4)cc2OC)n1. The number of aryl methyl sites for hydroxylation is 2. The molecule has 0 unspecified atom stereocenters. The Labute approximate surface area is 268 Å². The molecule has 0 atom stereocenters. The summed E-state index contributed by atoms with van der Waals surface area (Å²) < 4.78 is 18.1. The van der Waals surface area contributed by atoms with Gasteiger partial charge in [0.2, 0.25) is 0 Å². The van der Waals surface area contributed by atoms with E-state index in [1.54, 1.807) is 7.11 Å². The summed E-state index contributed by atoms with van der Waals surface area (Å²) in [6.45, 7) is 7.32. The first-order valence-corrected chi connectivity index (χ1v) is 24.1. The van der Waals surface area contributed by atoms with Gasteiger partial charge in [-0.1, -0.05) is 6.07 Å². The van der Waals surface area contributed by atoms with Gasteiger partial charge >= 0.3 is 215 Å². The first kappa shape index (κ1) is 32.5. The Bertz CT molecular complexity index is 1480. The Morgan fingerprint density at radius 1 is 0.795 bits per heavy atom. The Morgan fingerprint density at radius 2 is 1.50 bits per heavy atom. The fourth-order valence-corrected chi connectivity index (χ4v) is 20.5. The quantitative estimate of drug-likeness (QED) is 0.109. The average Bonchev–Trinajstić information content (AvgIpc) is 3.58. The maximum atomic E-state index is 6.12. The van der Waals surface area contributed by atoms with Crippen molar-refractivity contribution in [2.24, 2.45) is 0 Å². The predicted molar refractivity (Wildman–Crippen MR) is 181 cm³/mol.